The molecule has 1 aliphatic heterocycles. The molecule has 3 aromatic rings. The number of nitrogens with two attached hydrogens (primary N) is 1. The number of hydrogen-bond acceptors (Lipinski definition) is 5. The van der Waals surface area contributed by atoms with Crippen molar-refractivity contribution in [3.63, 3.8) is 0 Å². The maximum absolute atomic E-state index is 13.8. The number of halogens is 1. The molecule has 26 heavy (non-hydrogen) atoms. The number of benzene rings is 1. The van der Waals surface area contributed by atoms with Crippen molar-refractivity contribution in [2.45, 2.75) is 25.2 Å². The Morgan fingerprint density at radius 3 is 2.85 bits per heavy atom. The van der Waals surface area contributed by atoms with Crippen LogP contribution in [0.5, 0.6) is 5.75 Å². The van der Waals surface area contributed by atoms with E-state index in [0.29, 0.717) is 26.1 Å². The minimum absolute atomic E-state index is 0.422. The monoisotopic (exact) mass is 355 g/mol. The van der Waals surface area contributed by atoms with Crippen molar-refractivity contribution >= 4 is 17.0 Å². The number of alkyl halides is 1. The lowest BCUT2D eigenvalue weighted by atomic mass is 10.1. The Labute approximate surface area is 151 Å². The van der Waals surface area contributed by atoms with Crippen LogP contribution in [0.3, 0.4) is 0 Å². The van der Waals surface area contributed by atoms with Crippen LogP contribution in [-0.4, -0.2) is 46.9 Å². The molecule has 1 saturated heterocycles. The smallest absolute Gasteiger partial charge is 0.206 e. The van der Waals surface area contributed by atoms with Gasteiger partial charge in [0.1, 0.15) is 11.9 Å². The van der Waals surface area contributed by atoms with E-state index in [-0.39, 0.29) is 0 Å². The van der Waals surface area contributed by atoms with Gasteiger partial charge in [-0.3, -0.25) is 4.98 Å². The van der Waals surface area contributed by atoms with Gasteiger partial charge >= 0.3 is 0 Å². The fraction of sp³-hybridized carbons (Fsp3) is 0.368. The molecule has 136 valence electrons. The summed E-state index contributed by atoms with van der Waals surface area (Å²) in [6, 6.07) is 11.3. The molecule has 2 N–H and O–H groups in total. The molecule has 4 rings (SSSR count). The zero-order valence-electron chi connectivity index (χ0n) is 14.7. The van der Waals surface area contributed by atoms with Gasteiger partial charge in [-0.1, -0.05) is 12.1 Å². The Bertz CT molecular complexity index is 895. The number of rotatable bonds is 4. The molecule has 6 nitrogen and oxygen atoms in total. The minimum Gasteiger partial charge on any atom is -0.495 e. The highest BCUT2D eigenvalue weighted by atomic mass is 19.1. The molecular formula is C19H22FN5O. The first-order chi connectivity index (χ1) is 12.7. The average molecular weight is 355 g/mol. The van der Waals surface area contributed by atoms with Crippen LogP contribution < -0.4 is 15.4 Å². The number of para-hydroxylation sites is 2. The van der Waals surface area contributed by atoms with Crippen LogP contribution in [0.2, 0.25) is 0 Å². The first kappa shape index (κ1) is 16.8. The van der Waals surface area contributed by atoms with Gasteiger partial charge in [0.05, 0.1) is 42.6 Å². The third-order valence-corrected chi connectivity index (χ3v) is 4.84. The average Bonchev–Trinajstić information content (AvgIpc) is 3.03. The summed E-state index contributed by atoms with van der Waals surface area (Å²) in [6.07, 6.45) is 1.18. The fourth-order valence-electron chi connectivity index (χ4n) is 3.38. The molecule has 7 heteroatoms. The summed E-state index contributed by atoms with van der Waals surface area (Å²) in [6.45, 7) is 1.64. The van der Waals surface area contributed by atoms with Gasteiger partial charge in [-0.15, -0.1) is 0 Å². The molecule has 2 aromatic heterocycles. The molecule has 0 radical (unpaired) electrons. The lowest BCUT2D eigenvalue weighted by Crippen LogP contribution is -2.50. The third kappa shape index (κ3) is 3.10. The van der Waals surface area contributed by atoms with Gasteiger partial charge in [0, 0.05) is 13.1 Å². The summed E-state index contributed by atoms with van der Waals surface area (Å²) in [5, 5.41) is 0. The van der Waals surface area contributed by atoms with Gasteiger partial charge in [-0.05, 0) is 30.7 Å². The quantitative estimate of drug-likeness (QED) is 0.778. The van der Waals surface area contributed by atoms with Crippen LogP contribution in [0.25, 0.3) is 11.0 Å². The Balaban J connectivity index is 1.71. The molecule has 1 aromatic carbocycles. The van der Waals surface area contributed by atoms with Crippen LogP contribution in [0.1, 0.15) is 12.1 Å². The third-order valence-electron chi connectivity index (χ3n) is 4.84. The molecule has 2 unspecified atom stereocenters. The summed E-state index contributed by atoms with van der Waals surface area (Å²) in [4.78, 5) is 11.3. The highest BCUT2D eigenvalue weighted by Gasteiger charge is 2.29. The summed E-state index contributed by atoms with van der Waals surface area (Å²) < 4.78 is 21.1. The Hall–Kier alpha value is -2.67. The zero-order valence-corrected chi connectivity index (χ0v) is 14.7. The number of nitrogens with zero attached hydrogens (tertiary/aromatic N) is 4. The van der Waals surface area contributed by atoms with E-state index in [0.717, 1.165) is 28.4 Å². The molecule has 2 atom stereocenters. The normalized spacial score (nSPS) is 20.5. The maximum atomic E-state index is 13.8. The van der Waals surface area contributed by atoms with Crippen LogP contribution >= 0.6 is 0 Å². The lowest BCUT2D eigenvalue weighted by molar-refractivity contribution is 0.243. The van der Waals surface area contributed by atoms with Gasteiger partial charge in [0.15, 0.2) is 0 Å². The second-order valence-corrected chi connectivity index (χ2v) is 6.59. The molecule has 1 fully saturated rings. The molecule has 0 spiro atoms. The molecule has 0 amide bonds. The first-order valence-electron chi connectivity index (χ1n) is 8.74. The van der Waals surface area contributed by atoms with Crippen LogP contribution in [0, 0.1) is 0 Å². The van der Waals surface area contributed by atoms with Crippen LogP contribution in [0.15, 0.2) is 42.6 Å². The van der Waals surface area contributed by atoms with E-state index in [1.54, 1.807) is 13.3 Å². The zero-order chi connectivity index (χ0) is 18.1. The first-order valence-corrected chi connectivity index (χ1v) is 8.74. The number of anilines is 1. The number of imidazole rings is 1. The Morgan fingerprint density at radius 1 is 1.27 bits per heavy atom. The van der Waals surface area contributed by atoms with E-state index in [4.69, 9.17) is 15.5 Å². The number of pyridine rings is 1. The number of hydrogen-bond donors (Lipinski definition) is 1. The van der Waals surface area contributed by atoms with Crippen LogP contribution in [0.4, 0.5) is 10.3 Å². The summed E-state index contributed by atoms with van der Waals surface area (Å²) in [5.41, 5.74) is 8.79. The predicted molar refractivity (Wildman–Crippen MR) is 99.3 cm³/mol. The fourth-order valence-corrected chi connectivity index (χ4v) is 3.38. The number of methoxy groups -OCH3 is 1. The summed E-state index contributed by atoms with van der Waals surface area (Å²) in [7, 11) is 1.62. The van der Waals surface area contributed by atoms with Crippen molar-refractivity contribution in [2.75, 3.05) is 25.1 Å². The van der Waals surface area contributed by atoms with E-state index >= 15 is 0 Å². The predicted octanol–water partition coefficient (Wildman–Crippen LogP) is 2.36. The molecule has 1 aliphatic rings. The second-order valence-electron chi connectivity index (χ2n) is 6.59. The number of aromatic nitrogens is 3. The molecule has 3 heterocycles. The SMILES string of the molecule is COc1ccc(Cn2c(N3CCC(F)C(N)C3)nc3ccccc32)nc1. The lowest BCUT2D eigenvalue weighted by Gasteiger charge is -2.34. The topological polar surface area (TPSA) is 69.2 Å². The van der Waals surface area contributed by atoms with E-state index in [1.807, 2.05) is 36.4 Å². The van der Waals surface area contributed by atoms with E-state index in [9.17, 15) is 4.39 Å². The molecule has 0 bridgehead atoms. The van der Waals surface area contributed by atoms with Gasteiger partial charge in [-0.25, -0.2) is 9.37 Å². The maximum Gasteiger partial charge on any atom is 0.206 e. The molecule has 0 saturated carbocycles. The van der Waals surface area contributed by atoms with Crippen molar-refractivity contribution in [3.05, 3.63) is 48.3 Å². The van der Waals surface area contributed by atoms with Crippen LogP contribution in [-0.2, 0) is 6.54 Å². The largest absolute Gasteiger partial charge is 0.495 e. The van der Waals surface area contributed by atoms with Gasteiger partial charge in [0.2, 0.25) is 5.95 Å². The van der Waals surface area contributed by atoms with Gasteiger partial charge in [0.25, 0.3) is 0 Å². The highest BCUT2D eigenvalue weighted by molar-refractivity contribution is 5.79. The van der Waals surface area contributed by atoms with Crippen molar-refractivity contribution in [2.24, 2.45) is 5.73 Å². The molecule has 0 aliphatic carbocycles. The molecular weight excluding hydrogens is 333 g/mol. The van der Waals surface area contributed by atoms with E-state index in [1.165, 1.54) is 0 Å². The summed E-state index contributed by atoms with van der Waals surface area (Å²) in [5.74, 6) is 1.53. The Morgan fingerprint density at radius 2 is 2.12 bits per heavy atom. The summed E-state index contributed by atoms with van der Waals surface area (Å²) >= 11 is 0. The number of ether oxygens (including phenoxy) is 1. The van der Waals surface area contributed by atoms with Crippen molar-refractivity contribution in [1.82, 2.24) is 14.5 Å². The van der Waals surface area contributed by atoms with Crippen molar-refractivity contribution in [3.8, 4) is 5.75 Å². The number of fused-ring (bicyclic) bond motifs is 1. The van der Waals surface area contributed by atoms with Crippen molar-refractivity contribution < 1.29 is 9.13 Å². The van der Waals surface area contributed by atoms with E-state index in [2.05, 4.69) is 14.5 Å². The second kappa shape index (κ2) is 6.92. The standard InChI is InChI=1S/C19H22FN5O/c1-26-14-7-6-13(22-10-14)11-25-18-5-3-2-4-17(18)23-19(25)24-9-8-15(20)16(21)12-24/h2-7,10,15-16H,8-9,11-12,21H2,1H3. The number of piperidine rings is 1. The van der Waals surface area contributed by atoms with Gasteiger partial charge < -0.3 is 19.9 Å². The van der Waals surface area contributed by atoms with Crippen molar-refractivity contribution in [1.29, 1.82) is 0 Å². The minimum atomic E-state index is -0.952. The van der Waals surface area contributed by atoms with E-state index < -0.39 is 12.2 Å². The van der Waals surface area contributed by atoms with Gasteiger partial charge in [-0.2, -0.15) is 0 Å². The highest BCUT2D eigenvalue weighted by Crippen LogP contribution is 2.26. The Kier molecular flexibility index (Phi) is 4.46.